The van der Waals surface area contributed by atoms with Crippen LogP contribution in [-0.4, -0.2) is 20.0 Å². The van der Waals surface area contributed by atoms with Crippen molar-refractivity contribution in [3.05, 3.63) is 0 Å². The molecule has 1 atom stereocenters. The van der Waals surface area contributed by atoms with Crippen molar-refractivity contribution in [3.8, 4) is 0 Å². The predicted octanol–water partition coefficient (Wildman–Crippen LogP) is 2.36. The molecule has 0 spiro atoms. The first-order valence-corrected chi connectivity index (χ1v) is 4.55. The number of rotatable bonds is 2. The Kier molecular flexibility index (Phi) is 3.92. The first kappa shape index (κ1) is 9.59. The molecule has 0 aliphatic carbocycles. The Morgan fingerprint density at radius 1 is 1.44 bits per heavy atom. The summed E-state index contributed by atoms with van der Waals surface area (Å²) >= 11 is 10.2. The Hall–Kier alpha value is 0.587. The van der Waals surface area contributed by atoms with Crippen molar-refractivity contribution in [2.24, 2.45) is 0 Å². The lowest BCUT2D eigenvalue weighted by molar-refractivity contribution is -0.131. The van der Waals surface area contributed by atoms with Gasteiger partial charge in [0.1, 0.15) is 0 Å². The first-order chi connectivity index (χ1) is 3.95. The van der Waals surface area contributed by atoms with Crippen LogP contribution in [0.3, 0.4) is 0 Å². The fourth-order valence-corrected chi connectivity index (χ4v) is 0.957. The average Bonchev–Trinajstić information content (AvgIpc) is 1.62. The van der Waals surface area contributed by atoms with E-state index in [9.17, 15) is 13.2 Å². The number of hydrogen-bond acceptors (Lipinski definition) is 0. The third kappa shape index (κ3) is 6.47. The van der Waals surface area contributed by atoms with Crippen LogP contribution in [-0.2, 0) is 0 Å². The number of alkyl halides is 4. The molecular weight excluding hydrogens is 192 g/mol. The standard InChI is InChI=1S/C3H3Cl2F3Si/c4-2(9-5)1-3(6,7)8/h2H,1H2. The van der Waals surface area contributed by atoms with Gasteiger partial charge in [0.15, 0.2) is 8.83 Å². The second-order valence-electron chi connectivity index (χ2n) is 1.40. The minimum absolute atomic E-state index is 0.377. The fraction of sp³-hybridized carbons (Fsp3) is 1.00. The molecule has 0 nitrogen and oxygen atoms in total. The maximum Gasteiger partial charge on any atom is 0.390 e. The Labute approximate surface area is 62.9 Å². The molecule has 0 aromatic rings. The largest absolute Gasteiger partial charge is 0.390 e. The van der Waals surface area contributed by atoms with Gasteiger partial charge in [-0.05, 0) is 0 Å². The quantitative estimate of drug-likeness (QED) is 0.360. The summed E-state index contributed by atoms with van der Waals surface area (Å²) in [5, 5.41) is -0.966. The van der Waals surface area contributed by atoms with Crippen LogP contribution in [0.4, 0.5) is 13.2 Å². The molecule has 2 radical (unpaired) electrons. The van der Waals surface area contributed by atoms with Crippen LogP contribution in [0.1, 0.15) is 6.42 Å². The van der Waals surface area contributed by atoms with E-state index in [0.29, 0.717) is 0 Å². The summed E-state index contributed by atoms with van der Waals surface area (Å²) in [7, 11) is -0.377. The molecule has 0 aromatic carbocycles. The highest BCUT2D eigenvalue weighted by atomic mass is 35.6. The second kappa shape index (κ2) is 3.68. The topological polar surface area (TPSA) is 0 Å². The zero-order chi connectivity index (χ0) is 7.49. The van der Waals surface area contributed by atoms with Gasteiger partial charge in [0.2, 0.25) is 0 Å². The molecule has 0 N–H and O–H groups in total. The zero-order valence-corrected chi connectivity index (χ0v) is 6.69. The van der Waals surface area contributed by atoms with Crippen LogP contribution in [0.15, 0.2) is 0 Å². The van der Waals surface area contributed by atoms with Crippen molar-refractivity contribution in [1.29, 1.82) is 0 Å². The molecule has 0 rings (SSSR count). The molecule has 6 heteroatoms. The summed E-state index contributed by atoms with van der Waals surface area (Å²) < 4.78 is 34.1. The van der Waals surface area contributed by atoms with Gasteiger partial charge in [-0.3, -0.25) is 0 Å². The predicted molar refractivity (Wildman–Crippen MR) is 31.9 cm³/mol. The van der Waals surface area contributed by atoms with Crippen LogP contribution < -0.4 is 0 Å². The van der Waals surface area contributed by atoms with Crippen molar-refractivity contribution in [2.75, 3.05) is 0 Å². The monoisotopic (exact) mass is 194 g/mol. The Morgan fingerprint density at radius 2 is 1.89 bits per heavy atom. The van der Waals surface area contributed by atoms with Crippen molar-refractivity contribution in [2.45, 2.75) is 17.6 Å². The van der Waals surface area contributed by atoms with E-state index in [-0.39, 0.29) is 8.83 Å². The van der Waals surface area contributed by atoms with E-state index in [1.807, 2.05) is 0 Å². The number of halogens is 5. The third-order valence-corrected chi connectivity index (χ3v) is 2.58. The van der Waals surface area contributed by atoms with Gasteiger partial charge in [0.25, 0.3) is 0 Å². The van der Waals surface area contributed by atoms with Gasteiger partial charge in [0, 0.05) is 5.00 Å². The highest BCUT2D eigenvalue weighted by Crippen LogP contribution is 2.23. The smallest absolute Gasteiger partial charge is 0.171 e. The van der Waals surface area contributed by atoms with Crippen molar-refractivity contribution in [3.63, 3.8) is 0 Å². The van der Waals surface area contributed by atoms with E-state index >= 15 is 0 Å². The van der Waals surface area contributed by atoms with Crippen LogP contribution in [0.2, 0.25) is 0 Å². The summed E-state index contributed by atoms with van der Waals surface area (Å²) in [6.07, 6.45) is -5.19. The highest BCUT2D eigenvalue weighted by Gasteiger charge is 2.30. The lowest BCUT2D eigenvalue weighted by Gasteiger charge is -2.06. The molecule has 0 heterocycles. The maximum absolute atomic E-state index is 11.4. The first-order valence-electron chi connectivity index (χ1n) is 2.02. The summed E-state index contributed by atoms with van der Waals surface area (Å²) in [5.41, 5.74) is 0. The van der Waals surface area contributed by atoms with Crippen LogP contribution in [0.5, 0.6) is 0 Å². The highest BCUT2D eigenvalue weighted by molar-refractivity contribution is 6.97. The van der Waals surface area contributed by atoms with Gasteiger partial charge in [0.05, 0.1) is 6.42 Å². The summed E-state index contributed by atoms with van der Waals surface area (Å²) in [4.78, 5) is 0. The molecule has 0 bridgehead atoms. The van der Waals surface area contributed by atoms with E-state index in [2.05, 4.69) is 0 Å². The Balaban J connectivity index is 3.47. The molecule has 0 aromatic heterocycles. The Morgan fingerprint density at radius 3 is 2.00 bits per heavy atom. The third-order valence-electron chi connectivity index (χ3n) is 0.529. The van der Waals surface area contributed by atoms with Gasteiger partial charge in [-0.25, -0.2) is 0 Å². The van der Waals surface area contributed by atoms with Crippen molar-refractivity contribution >= 4 is 31.5 Å². The Bertz CT molecular complexity index is 83.6. The normalized spacial score (nSPS) is 15.7. The van der Waals surface area contributed by atoms with Gasteiger partial charge < -0.3 is 0 Å². The van der Waals surface area contributed by atoms with Crippen LogP contribution >= 0.6 is 22.7 Å². The average molecular weight is 195 g/mol. The molecule has 1 unspecified atom stereocenters. The van der Waals surface area contributed by atoms with E-state index in [1.165, 1.54) is 0 Å². The van der Waals surface area contributed by atoms with E-state index < -0.39 is 17.6 Å². The van der Waals surface area contributed by atoms with Gasteiger partial charge in [-0.1, -0.05) is 0 Å². The van der Waals surface area contributed by atoms with Gasteiger partial charge in [-0.15, -0.1) is 11.6 Å². The molecule has 9 heavy (non-hydrogen) atoms. The second-order valence-corrected chi connectivity index (χ2v) is 3.86. The SMILES string of the molecule is FC(F)(F)CC(Cl)[Si]Cl. The molecule has 0 aliphatic rings. The summed E-state index contributed by atoms with van der Waals surface area (Å²) in [6, 6.07) is 0. The molecule has 54 valence electrons. The molecular formula is C3H3Cl2F3Si. The summed E-state index contributed by atoms with van der Waals surface area (Å²) in [6.45, 7) is 0. The minimum atomic E-state index is -4.19. The molecule has 0 fully saturated rings. The van der Waals surface area contributed by atoms with Crippen molar-refractivity contribution in [1.82, 2.24) is 0 Å². The van der Waals surface area contributed by atoms with Gasteiger partial charge in [-0.2, -0.15) is 24.3 Å². The van der Waals surface area contributed by atoms with Gasteiger partial charge >= 0.3 is 6.18 Å². The fourth-order valence-electron chi connectivity index (χ4n) is 0.242. The lowest BCUT2D eigenvalue weighted by atomic mass is 10.5. The summed E-state index contributed by atoms with van der Waals surface area (Å²) in [5.74, 6) is 0. The molecule has 0 aliphatic heterocycles. The zero-order valence-electron chi connectivity index (χ0n) is 4.17. The molecule has 0 amide bonds. The van der Waals surface area contributed by atoms with E-state index in [1.54, 1.807) is 0 Å². The van der Waals surface area contributed by atoms with E-state index in [0.717, 1.165) is 0 Å². The van der Waals surface area contributed by atoms with E-state index in [4.69, 9.17) is 22.7 Å². The number of hydrogen-bond donors (Lipinski definition) is 0. The molecule has 0 saturated heterocycles. The van der Waals surface area contributed by atoms with Crippen molar-refractivity contribution < 1.29 is 13.2 Å². The maximum atomic E-state index is 11.4. The minimum Gasteiger partial charge on any atom is -0.171 e. The molecule has 0 saturated carbocycles. The van der Waals surface area contributed by atoms with Crippen LogP contribution in [0, 0.1) is 0 Å². The van der Waals surface area contributed by atoms with Crippen LogP contribution in [0.25, 0.3) is 0 Å². The lowest BCUT2D eigenvalue weighted by Crippen LogP contribution is -2.17.